The van der Waals surface area contributed by atoms with Gasteiger partial charge in [0.25, 0.3) is 0 Å². The molecule has 0 saturated heterocycles. The standard InChI is InChI=1S/C19H15Cl2NO3S/c1-24-16-6-3-12(4-7-16)19-22-15(11-26-19)10-25-18(23)8-13-2-5-14(20)9-17(13)21/h2-7,9,11H,8,10H2,1H3. The maximum Gasteiger partial charge on any atom is 0.310 e. The van der Waals surface area contributed by atoms with Gasteiger partial charge >= 0.3 is 5.97 Å². The van der Waals surface area contributed by atoms with Crippen LogP contribution in [0.5, 0.6) is 5.75 Å². The maximum atomic E-state index is 12.0. The fraction of sp³-hybridized carbons (Fsp3) is 0.158. The molecule has 2 aromatic carbocycles. The first-order chi connectivity index (χ1) is 12.5. The zero-order chi connectivity index (χ0) is 18.5. The number of esters is 1. The fourth-order valence-corrected chi connectivity index (χ4v) is 3.55. The van der Waals surface area contributed by atoms with Crippen LogP contribution in [0.25, 0.3) is 10.6 Å². The number of carbonyl (C=O) groups excluding carboxylic acids is 1. The molecule has 0 radical (unpaired) electrons. The predicted molar refractivity (Wildman–Crippen MR) is 104 cm³/mol. The number of ether oxygens (including phenoxy) is 2. The predicted octanol–water partition coefficient (Wildman–Crippen LogP) is 5.41. The number of rotatable bonds is 6. The quantitative estimate of drug-likeness (QED) is 0.512. The molecule has 0 amide bonds. The minimum Gasteiger partial charge on any atom is -0.497 e. The van der Waals surface area contributed by atoms with E-state index in [-0.39, 0.29) is 19.0 Å². The van der Waals surface area contributed by atoms with Crippen LogP contribution < -0.4 is 4.74 Å². The number of nitrogens with zero attached hydrogens (tertiary/aromatic N) is 1. The van der Waals surface area contributed by atoms with Gasteiger partial charge in [-0.15, -0.1) is 11.3 Å². The highest BCUT2D eigenvalue weighted by molar-refractivity contribution is 7.13. The molecule has 0 N–H and O–H groups in total. The highest BCUT2D eigenvalue weighted by Gasteiger charge is 2.11. The molecule has 26 heavy (non-hydrogen) atoms. The molecule has 0 aliphatic rings. The third-order valence-electron chi connectivity index (χ3n) is 3.62. The summed E-state index contributed by atoms with van der Waals surface area (Å²) in [7, 11) is 1.63. The Balaban J connectivity index is 1.58. The lowest BCUT2D eigenvalue weighted by atomic mass is 10.1. The van der Waals surface area contributed by atoms with Gasteiger partial charge < -0.3 is 9.47 Å². The van der Waals surface area contributed by atoms with Crippen molar-refractivity contribution in [3.63, 3.8) is 0 Å². The van der Waals surface area contributed by atoms with Crippen molar-refractivity contribution in [3.8, 4) is 16.3 Å². The summed E-state index contributed by atoms with van der Waals surface area (Å²) in [5, 5.41) is 3.72. The van der Waals surface area contributed by atoms with Gasteiger partial charge in [0.15, 0.2) is 0 Å². The lowest BCUT2D eigenvalue weighted by Gasteiger charge is -2.05. The van der Waals surface area contributed by atoms with Crippen LogP contribution >= 0.6 is 34.5 Å². The van der Waals surface area contributed by atoms with Gasteiger partial charge in [-0.1, -0.05) is 29.3 Å². The highest BCUT2D eigenvalue weighted by atomic mass is 35.5. The van der Waals surface area contributed by atoms with E-state index in [2.05, 4.69) is 4.98 Å². The van der Waals surface area contributed by atoms with Crippen LogP contribution in [0.4, 0.5) is 0 Å². The van der Waals surface area contributed by atoms with Gasteiger partial charge in [0.1, 0.15) is 17.4 Å². The van der Waals surface area contributed by atoms with E-state index in [4.69, 9.17) is 32.7 Å². The molecule has 0 aliphatic heterocycles. The maximum absolute atomic E-state index is 12.0. The lowest BCUT2D eigenvalue weighted by molar-refractivity contribution is -0.144. The Morgan fingerprint density at radius 1 is 1.15 bits per heavy atom. The molecule has 0 unspecified atom stereocenters. The molecule has 7 heteroatoms. The topological polar surface area (TPSA) is 48.4 Å². The average molecular weight is 408 g/mol. The fourth-order valence-electron chi connectivity index (χ4n) is 2.27. The molecule has 0 bridgehead atoms. The van der Waals surface area contributed by atoms with E-state index >= 15 is 0 Å². The lowest BCUT2D eigenvalue weighted by Crippen LogP contribution is -2.08. The summed E-state index contributed by atoms with van der Waals surface area (Å²) in [4.78, 5) is 16.5. The summed E-state index contributed by atoms with van der Waals surface area (Å²) in [6, 6.07) is 12.7. The summed E-state index contributed by atoms with van der Waals surface area (Å²) in [5.41, 5.74) is 2.37. The van der Waals surface area contributed by atoms with Crippen molar-refractivity contribution < 1.29 is 14.3 Å². The SMILES string of the molecule is COc1ccc(-c2nc(COC(=O)Cc3ccc(Cl)cc3Cl)cs2)cc1. The molecule has 0 spiro atoms. The van der Waals surface area contributed by atoms with Crippen LogP contribution in [-0.2, 0) is 22.6 Å². The second-order valence-electron chi connectivity index (χ2n) is 5.45. The number of aromatic nitrogens is 1. The number of carbonyl (C=O) groups is 1. The Labute approximate surface area is 165 Å². The highest BCUT2D eigenvalue weighted by Crippen LogP contribution is 2.26. The van der Waals surface area contributed by atoms with E-state index < -0.39 is 0 Å². The van der Waals surface area contributed by atoms with Crippen molar-refractivity contribution in [1.29, 1.82) is 0 Å². The van der Waals surface area contributed by atoms with Gasteiger partial charge in [0.2, 0.25) is 0 Å². The van der Waals surface area contributed by atoms with Crippen molar-refractivity contribution in [2.75, 3.05) is 7.11 Å². The Hall–Kier alpha value is -2.08. The van der Waals surface area contributed by atoms with E-state index in [1.807, 2.05) is 29.6 Å². The summed E-state index contributed by atoms with van der Waals surface area (Å²) >= 11 is 13.4. The van der Waals surface area contributed by atoms with Crippen molar-refractivity contribution in [3.05, 3.63) is 69.1 Å². The molecule has 3 rings (SSSR count). The van der Waals surface area contributed by atoms with Crippen LogP contribution in [0.3, 0.4) is 0 Å². The van der Waals surface area contributed by atoms with E-state index in [0.717, 1.165) is 16.3 Å². The first kappa shape index (κ1) is 18.7. The van der Waals surface area contributed by atoms with Gasteiger partial charge in [-0.2, -0.15) is 0 Å². The number of benzene rings is 2. The normalized spacial score (nSPS) is 10.6. The van der Waals surface area contributed by atoms with Crippen molar-refractivity contribution >= 4 is 40.5 Å². The van der Waals surface area contributed by atoms with Crippen LogP contribution in [0.15, 0.2) is 47.8 Å². The third-order valence-corrected chi connectivity index (χ3v) is 5.15. The Morgan fingerprint density at radius 3 is 2.62 bits per heavy atom. The van der Waals surface area contributed by atoms with Crippen LogP contribution in [0, 0.1) is 0 Å². The molecule has 1 heterocycles. The third kappa shape index (κ3) is 4.75. The summed E-state index contributed by atoms with van der Waals surface area (Å²) < 4.78 is 10.4. The molecule has 0 saturated carbocycles. The number of hydrogen-bond donors (Lipinski definition) is 0. The van der Waals surface area contributed by atoms with Crippen molar-refractivity contribution in [2.24, 2.45) is 0 Å². The molecule has 3 aromatic rings. The van der Waals surface area contributed by atoms with Crippen LogP contribution in [0.2, 0.25) is 10.0 Å². The van der Waals surface area contributed by atoms with Gasteiger partial charge in [-0.25, -0.2) is 4.98 Å². The molecule has 134 valence electrons. The average Bonchev–Trinajstić information content (AvgIpc) is 3.11. The number of methoxy groups -OCH3 is 1. The molecular weight excluding hydrogens is 393 g/mol. The molecule has 1 aromatic heterocycles. The van der Waals surface area contributed by atoms with Gasteiger partial charge in [0.05, 0.1) is 19.2 Å². The number of hydrogen-bond acceptors (Lipinski definition) is 5. The van der Waals surface area contributed by atoms with E-state index in [9.17, 15) is 4.79 Å². The smallest absolute Gasteiger partial charge is 0.310 e. The second kappa shape index (κ2) is 8.54. The Bertz CT molecular complexity index is 909. The first-order valence-electron chi connectivity index (χ1n) is 7.73. The number of thiazole rings is 1. The summed E-state index contributed by atoms with van der Waals surface area (Å²) in [6.45, 7) is 0.122. The van der Waals surface area contributed by atoms with E-state index in [0.29, 0.717) is 21.3 Å². The molecule has 0 fully saturated rings. The summed E-state index contributed by atoms with van der Waals surface area (Å²) in [5.74, 6) is 0.425. The monoisotopic (exact) mass is 407 g/mol. The van der Waals surface area contributed by atoms with Crippen molar-refractivity contribution in [1.82, 2.24) is 4.98 Å². The van der Waals surface area contributed by atoms with Gasteiger partial charge in [0, 0.05) is 21.0 Å². The largest absolute Gasteiger partial charge is 0.497 e. The molecular formula is C19H15Cl2NO3S. The zero-order valence-corrected chi connectivity index (χ0v) is 16.2. The molecule has 0 aliphatic carbocycles. The van der Waals surface area contributed by atoms with E-state index in [1.165, 1.54) is 11.3 Å². The van der Waals surface area contributed by atoms with Crippen LogP contribution in [-0.4, -0.2) is 18.1 Å². The Morgan fingerprint density at radius 2 is 1.92 bits per heavy atom. The second-order valence-corrected chi connectivity index (χ2v) is 7.15. The van der Waals surface area contributed by atoms with Crippen molar-refractivity contribution in [2.45, 2.75) is 13.0 Å². The Kier molecular flexibility index (Phi) is 6.14. The molecule has 4 nitrogen and oxygen atoms in total. The van der Waals surface area contributed by atoms with E-state index in [1.54, 1.807) is 25.3 Å². The minimum atomic E-state index is -0.367. The van der Waals surface area contributed by atoms with Gasteiger partial charge in [-0.3, -0.25) is 4.79 Å². The number of halogens is 2. The first-order valence-corrected chi connectivity index (χ1v) is 9.37. The van der Waals surface area contributed by atoms with Crippen LogP contribution in [0.1, 0.15) is 11.3 Å². The minimum absolute atomic E-state index is 0.0888. The van der Waals surface area contributed by atoms with Gasteiger partial charge in [-0.05, 0) is 42.0 Å². The summed E-state index contributed by atoms with van der Waals surface area (Å²) in [6.07, 6.45) is 0.0888. The zero-order valence-electron chi connectivity index (χ0n) is 13.9. The molecule has 0 atom stereocenters.